The number of hydrogen-bond donors (Lipinski definition) is 0. The molecular formula is C44H84O6. The molecule has 0 N–H and O–H groups in total. The maximum atomic E-state index is 12.6. The van der Waals surface area contributed by atoms with Crippen LogP contribution in [0.3, 0.4) is 0 Å². The second-order valence-electron chi connectivity index (χ2n) is 15.7. The minimum absolute atomic E-state index is 0.0670. The Hall–Kier alpha value is -1.59. The molecule has 0 amide bonds. The third-order valence-electron chi connectivity index (χ3n) is 10.1. The van der Waals surface area contributed by atoms with Crippen LogP contribution in [-0.4, -0.2) is 37.2 Å². The Morgan fingerprint density at radius 1 is 0.420 bits per heavy atom. The maximum absolute atomic E-state index is 12.6. The van der Waals surface area contributed by atoms with E-state index in [0.717, 1.165) is 76.0 Å². The lowest BCUT2D eigenvalue weighted by molar-refractivity contribution is -0.167. The largest absolute Gasteiger partial charge is 0.462 e. The van der Waals surface area contributed by atoms with Crippen LogP contribution >= 0.6 is 0 Å². The summed E-state index contributed by atoms with van der Waals surface area (Å²) in [5.41, 5.74) is 0. The number of carbonyl (C=O) groups is 3. The molecule has 0 fully saturated rings. The quantitative estimate of drug-likeness (QED) is 0.0361. The van der Waals surface area contributed by atoms with Gasteiger partial charge in [-0.15, -0.1) is 0 Å². The smallest absolute Gasteiger partial charge is 0.306 e. The maximum Gasteiger partial charge on any atom is 0.306 e. The number of unbranched alkanes of at least 4 members (excludes halogenated alkanes) is 22. The molecule has 2 atom stereocenters. The van der Waals surface area contributed by atoms with Gasteiger partial charge in [0.15, 0.2) is 6.10 Å². The van der Waals surface area contributed by atoms with Crippen molar-refractivity contribution in [3.63, 3.8) is 0 Å². The van der Waals surface area contributed by atoms with E-state index >= 15 is 0 Å². The van der Waals surface area contributed by atoms with Crippen LogP contribution in [0.15, 0.2) is 0 Å². The van der Waals surface area contributed by atoms with Gasteiger partial charge in [-0.3, -0.25) is 14.4 Å². The molecule has 0 aromatic rings. The molecule has 0 bridgehead atoms. The predicted octanol–water partition coefficient (Wildman–Crippen LogP) is 13.4. The fourth-order valence-corrected chi connectivity index (χ4v) is 6.37. The van der Waals surface area contributed by atoms with Crippen LogP contribution in [0.25, 0.3) is 0 Å². The highest BCUT2D eigenvalue weighted by atomic mass is 16.6. The molecule has 0 spiro atoms. The monoisotopic (exact) mass is 709 g/mol. The second-order valence-corrected chi connectivity index (χ2v) is 15.7. The number of esters is 3. The molecule has 0 radical (unpaired) electrons. The van der Waals surface area contributed by atoms with E-state index in [1.54, 1.807) is 0 Å². The van der Waals surface area contributed by atoms with Gasteiger partial charge in [0.2, 0.25) is 0 Å². The van der Waals surface area contributed by atoms with Crippen molar-refractivity contribution in [3.8, 4) is 0 Å². The van der Waals surface area contributed by atoms with E-state index in [2.05, 4.69) is 34.6 Å². The molecule has 6 nitrogen and oxygen atoms in total. The normalized spacial score (nSPS) is 12.6. The zero-order chi connectivity index (χ0) is 36.9. The van der Waals surface area contributed by atoms with Crippen molar-refractivity contribution in [2.75, 3.05) is 13.2 Å². The lowest BCUT2D eigenvalue weighted by atomic mass is 9.99. The minimum Gasteiger partial charge on any atom is -0.462 e. The van der Waals surface area contributed by atoms with Crippen LogP contribution in [0, 0.1) is 11.8 Å². The van der Waals surface area contributed by atoms with Gasteiger partial charge in [0.1, 0.15) is 13.2 Å². The van der Waals surface area contributed by atoms with E-state index in [9.17, 15) is 14.4 Å². The Morgan fingerprint density at radius 3 is 1.14 bits per heavy atom. The summed E-state index contributed by atoms with van der Waals surface area (Å²) in [5, 5.41) is 0. The number of hydrogen-bond acceptors (Lipinski definition) is 6. The van der Waals surface area contributed by atoms with Crippen LogP contribution in [0.4, 0.5) is 0 Å². The van der Waals surface area contributed by atoms with Crippen LogP contribution in [-0.2, 0) is 28.6 Å². The molecule has 50 heavy (non-hydrogen) atoms. The van der Waals surface area contributed by atoms with E-state index < -0.39 is 6.10 Å². The van der Waals surface area contributed by atoms with Crippen molar-refractivity contribution in [1.82, 2.24) is 0 Å². The fraction of sp³-hybridized carbons (Fsp3) is 0.932. The molecular weight excluding hydrogens is 624 g/mol. The standard InChI is InChI=1S/C44H84O6/c1-6-8-9-22-29-34-42(45)48-37-41(50-44(47)36-31-26-21-20-23-27-32-39(3)4)38-49-43(46)35-30-25-19-17-15-13-11-10-12-14-16-18-24-28-33-40(5)7-2/h39-41H,6-38H2,1-5H3/t40?,41-/m0/s1. The zero-order valence-electron chi connectivity index (χ0n) is 34.0. The third-order valence-corrected chi connectivity index (χ3v) is 10.1. The zero-order valence-corrected chi connectivity index (χ0v) is 34.0. The van der Waals surface area contributed by atoms with Crippen molar-refractivity contribution < 1.29 is 28.6 Å². The highest BCUT2D eigenvalue weighted by Crippen LogP contribution is 2.17. The van der Waals surface area contributed by atoms with E-state index in [1.807, 2.05) is 0 Å². The molecule has 6 heteroatoms. The summed E-state index contributed by atoms with van der Waals surface area (Å²) >= 11 is 0. The lowest BCUT2D eigenvalue weighted by Gasteiger charge is -2.18. The summed E-state index contributed by atoms with van der Waals surface area (Å²) < 4.78 is 16.5. The Bertz CT molecular complexity index is 766. The van der Waals surface area contributed by atoms with E-state index in [-0.39, 0.29) is 31.1 Å². The average Bonchev–Trinajstić information content (AvgIpc) is 3.09. The lowest BCUT2D eigenvalue weighted by Crippen LogP contribution is -2.30. The first-order valence-electron chi connectivity index (χ1n) is 21.8. The topological polar surface area (TPSA) is 78.9 Å². The molecule has 0 aliphatic rings. The van der Waals surface area contributed by atoms with Gasteiger partial charge in [0.05, 0.1) is 0 Å². The molecule has 0 aliphatic heterocycles. The summed E-state index contributed by atoms with van der Waals surface area (Å²) in [6.45, 7) is 11.2. The number of ether oxygens (including phenoxy) is 3. The van der Waals surface area contributed by atoms with Gasteiger partial charge >= 0.3 is 17.9 Å². The van der Waals surface area contributed by atoms with E-state index in [0.29, 0.717) is 19.3 Å². The number of rotatable bonds is 38. The van der Waals surface area contributed by atoms with Crippen molar-refractivity contribution in [2.45, 2.75) is 240 Å². The van der Waals surface area contributed by atoms with Crippen LogP contribution in [0.2, 0.25) is 0 Å². The van der Waals surface area contributed by atoms with Crippen molar-refractivity contribution in [1.29, 1.82) is 0 Å². The van der Waals surface area contributed by atoms with Gasteiger partial charge in [-0.2, -0.15) is 0 Å². The highest BCUT2D eigenvalue weighted by molar-refractivity contribution is 5.71. The SMILES string of the molecule is CCCCCCCC(=O)OC[C@@H](COC(=O)CCCCCCCCCCCCCCCCC(C)CC)OC(=O)CCCCCCCCC(C)C. The van der Waals surface area contributed by atoms with Gasteiger partial charge in [-0.05, 0) is 31.1 Å². The summed E-state index contributed by atoms with van der Waals surface area (Å²) in [6, 6.07) is 0. The highest BCUT2D eigenvalue weighted by Gasteiger charge is 2.19. The molecule has 296 valence electrons. The number of carbonyl (C=O) groups excluding carboxylic acids is 3. The van der Waals surface area contributed by atoms with Crippen molar-refractivity contribution in [3.05, 3.63) is 0 Å². The molecule has 0 heterocycles. The molecule has 1 unspecified atom stereocenters. The second kappa shape index (κ2) is 37.2. The van der Waals surface area contributed by atoms with Gasteiger partial charge in [0, 0.05) is 19.3 Å². The average molecular weight is 709 g/mol. The molecule has 0 aliphatic carbocycles. The fourth-order valence-electron chi connectivity index (χ4n) is 6.37. The van der Waals surface area contributed by atoms with Crippen LogP contribution in [0.1, 0.15) is 234 Å². The Kier molecular flexibility index (Phi) is 36.0. The summed E-state index contributed by atoms with van der Waals surface area (Å²) in [6.07, 6.45) is 34.1. The summed E-state index contributed by atoms with van der Waals surface area (Å²) in [4.78, 5) is 37.3. The molecule has 0 saturated carbocycles. The van der Waals surface area contributed by atoms with E-state index in [1.165, 1.54) is 116 Å². The van der Waals surface area contributed by atoms with Gasteiger partial charge in [-0.25, -0.2) is 0 Å². The van der Waals surface area contributed by atoms with Gasteiger partial charge in [0.25, 0.3) is 0 Å². The van der Waals surface area contributed by atoms with Gasteiger partial charge < -0.3 is 14.2 Å². The Balaban J connectivity index is 4.12. The first-order chi connectivity index (χ1) is 24.3. The van der Waals surface area contributed by atoms with E-state index in [4.69, 9.17) is 14.2 Å². The van der Waals surface area contributed by atoms with Crippen molar-refractivity contribution in [2.24, 2.45) is 11.8 Å². The Morgan fingerprint density at radius 2 is 0.760 bits per heavy atom. The summed E-state index contributed by atoms with van der Waals surface area (Å²) in [5.74, 6) is 0.776. The first-order valence-corrected chi connectivity index (χ1v) is 21.8. The minimum atomic E-state index is -0.758. The van der Waals surface area contributed by atoms with Crippen LogP contribution in [0.5, 0.6) is 0 Å². The third kappa shape index (κ3) is 36.2. The van der Waals surface area contributed by atoms with Gasteiger partial charge in [-0.1, -0.05) is 195 Å². The molecule has 0 rings (SSSR count). The predicted molar refractivity (Wildman–Crippen MR) is 210 cm³/mol. The molecule has 0 aromatic carbocycles. The Labute approximate surface area is 310 Å². The van der Waals surface area contributed by atoms with Crippen LogP contribution < -0.4 is 0 Å². The first kappa shape index (κ1) is 48.4. The van der Waals surface area contributed by atoms with Crippen molar-refractivity contribution >= 4 is 17.9 Å². The molecule has 0 aromatic heterocycles. The summed E-state index contributed by atoms with van der Waals surface area (Å²) in [7, 11) is 0. The molecule has 0 saturated heterocycles.